The standard InChI is InChI=1S/C18H25N5O2S/c1-18(2,3)12-4-6-13(7-5-12)25-9-8-21-16(24)11-26-17-22-14(19)10-15(20)23-17/h4-7,10H,8-9,11H2,1-3H3,(H,21,24)(H4,19,20,22,23). The quantitative estimate of drug-likeness (QED) is 0.386. The maximum absolute atomic E-state index is 11.8. The van der Waals surface area contributed by atoms with E-state index >= 15 is 0 Å². The van der Waals surface area contributed by atoms with Gasteiger partial charge in [-0.25, -0.2) is 9.97 Å². The maximum Gasteiger partial charge on any atom is 0.230 e. The molecular weight excluding hydrogens is 350 g/mol. The molecule has 1 aromatic carbocycles. The molecule has 2 rings (SSSR count). The Morgan fingerprint density at radius 2 is 1.77 bits per heavy atom. The first-order valence-corrected chi connectivity index (χ1v) is 9.25. The average molecular weight is 375 g/mol. The van der Waals surface area contributed by atoms with E-state index in [4.69, 9.17) is 16.2 Å². The SMILES string of the molecule is CC(C)(C)c1ccc(OCCNC(=O)CSc2nc(N)cc(N)n2)cc1. The second kappa shape index (κ2) is 8.75. The van der Waals surface area contributed by atoms with Crippen molar-refractivity contribution in [2.45, 2.75) is 31.3 Å². The van der Waals surface area contributed by atoms with E-state index in [9.17, 15) is 4.79 Å². The van der Waals surface area contributed by atoms with E-state index in [0.29, 0.717) is 18.3 Å². The molecule has 2 aromatic rings. The third-order valence-electron chi connectivity index (χ3n) is 3.49. The van der Waals surface area contributed by atoms with E-state index in [-0.39, 0.29) is 28.7 Å². The van der Waals surface area contributed by atoms with Crippen LogP contribution in [0.25, 0.3) is 0 Å². The summed E-state index contributed by atoms with van der Waals surface area (Å²) in [6, 6.07) is 9.47. The van der Waals surface area contributed by atoms with Gasteiger partial charge in [-0.1, -0.05) is 44.7 Å². The molecular formula is C18H25N5O2S. The number of benzene rings is 1. The Morgan fingerprint density at radius 3 is 2.35 bits per heavy atom. The number of carbonyl (C=O) groups is 1. The van der Waals surface area contributed by atoms with Gasteiger partial charge in [0.15, 0.2) is 5.16 Å². The topological polar surface area (TPSA) is 116 Å². The minimum absolute atomic E-state index is 0.113. The van der Waals surface area contributed by atoms with Crippen molar-refractivity contribution in [1.82, 2.24) is 15.3 Å². The highest BCUT2D eigenvalue weighted by molar-refractivity contribution is 7.99. The molecule has 1 aromatic heterocycles. The summed E-state index contributed by atoms with van der Waals surface area (Å²) in [7, 11) is 0. The maximum atomic E-state index is 11.8. The van der Waals surface area contributed by atoms with Crippen LogP contribution in [0.15, 0.2) is 35.5 Å². The van der Waals surface area contributed by atoms with Gasteiger partial charge in [0.05, 0.1) is 12.3 Å². The van der Waals surface area contributed by atoms with Crippen LogP contribution in [0.1, 0.15) is 26.3 Å². The number of nitrogen functional groups attached to an aromatic ring is 2. The van der Waals surface area contributed by atoms with Gasteiger partial charge in [-0.15, -0.1) is 0 Å². The Bertz CT molecular complexity index is 724. The molecule has 8 heteroatoms. The number of carbonyl (C=O) groups excluding carboxylic acids is 1. The predicted octanol–water partition coefficient (Wildman–Crippen LogP) is 2.23. The third-order valence-corrected chi connectivity index (χ3v) is 4.34. The highest BCUT2D eigenvalue weighted by atomic mass is 32.2. The number of nitrogens with zero attached hydrogens (tertiary/aromatic N) is 2. The first kappa shape index (κ1) is 19.8. The number of nitrogens with one attached hydrogen (secondary N) is 1. The summed E-state index contributed by atoms with van der Waals surface area (Å²) in [6.45, 7) is 7.31. The Balaban J connectivity index is 1.68. The van der Waals surface area contributed by atoms with E-state index < -0.39 is 0 Å². The van der Waals surface area contributed by atoms with Crippen molar-refractivity contribution < 1.29 is 9.53 Å². The molecule has 0 aliphatic rings. The van der Waals surface area contributed by atoms with Crippen LogP contribution >= 0.6 is 11.8 Å². The average Bonchev–Trinajstić information content (AvgIpc) is 2.56. The van der Waals surface area contributed by atoms with Gasteiger partial charge in [0.1, 0.15) is 24.0 Å². The van der Waals surface area contributed by atoms with Crippen LogP contribution in [-0.4, -0.2) is 34.8 Å². The number of rotatable bonds is 7. The smallest absolute Gasteiger partial charge is 0.230 e. The van der Waals surface area contributed by atoms with Gasteiger partial charge < -0.3 is 21.5 Å². The van der Waals surface area contributed by atoms with Crippen molar-refractivity contribution in [2.24, 2.45) is 0 Å². The summed E-state index contributed by atoms with van der Waals surface area (Å²) < 4.78 is 5.64. The molecule has 5 N–H and O–H groups in total. The van der Waals surface area contributed by atoms with Crippen LogP contribution in [0.3, 0.4) is 0 Å². The van der Waals surface area contributed by atoms with E-state index in [1.54, 1.807) is 0 Å². The predicted molar refractivity (Wildman–Crippen MR) is 105 cm³/mol. The molecule has 7 nitrogen and oxygen atoms in total. The van der Waals surface area contributed by atoms with Crippen molar-refractivity contribution in [3.8, 4) is 5.75 Å². The Hall–Kier alpha value is -2.48. The van der Waals surface area contributed by atoms with Crippen LogP contribution in [0.5, 0.6) is 5.75 Å². The molecule has 0 saturated heterocycles. The summed E-state index contributed by atoms with van der Waals surface area (Å²) in [5.74, 6) is 1.40. The van der Waals surface area contributed by atoms with Gasteiger partial charge in [0.25, 0.3) is 0 Å². The number of nitrogens with two attached hydrogens (primary N) is 2. The Labute approximate surface area is 157 Å². The molecule has 0 radical (unpaired) electrons. The molecule has 0 saturated carbocycles. The number of aromatic nitrogens is 2. The van der Waals surface area contributed by atoms with Crippen molar-refractivity contribution in [3.05, 3.63) is 35.9 Å². The lowest BCUT2D eigenvalue weighted by molar-refractivity contribution is -0.118. The highest BCUT2D eigenvalue weighted by Gasteiger charge is 2.13. The van der Waals surface area contributed by atoms with Crippen LogP contribution < -0.4 is 21.5 Å². The highest BCUT2D eigenvalue weighted by Crippen LogP contribution is 2.24. The number of thioether (sulfide) groups is 1. The Kier molecular flexibility index (Phi) is 6.68. The van der Waals surface area contributed by atoms with Crippen molar-refractivity contribution in [1.29, 1.82) is 0 Å². The van der Waals surface area contributed by atoms with E-state index in [2.05, 4.69) is 48.2 Å². The molecule has 0 spiro atoms. The summed E-state index contributed by atoms with van der Waals surface area (Å²) in [5, 5.41) is 3.17. The summed E-state index contributed by atoms with van der Waals surface area (Å²) in [4.78, 5) is 19.9. The zero-order valence-corrected chi connectivity index (χ0v) is 16.1. The van der Waals surface area contributed by atoms with Crippen molar-refractivity contribution >= 4 is 29.3 Å². The fourth-order valence-corrected chi connectivity index (χ4v) is 2.82. The second-order valence-electron chi connectivity index (χ2n) is 6.76. The van der Waals surface area contributed by atoms with Gasteiger partial charge in [-0.05, 0) is 23.1 Å². The first-order valence-electron chi connectivity index (χ1n) is 8.27. The normalized spacial score (nSPS) is 11.2. The van der Waals surface area contributed by atoms with Crippen LogP contribution in [0.2, 0.25) is 0 Å². The van der Waals surface area contributed by atoms with Crippen molar-refractivity contribution in [2.75, 3.05) is 30.4 Å². The summed E-state index contributed by atoms with van der Waals surface area (Å²) in [6.07, 6.45) is 0. The number of hydrogen-bond acceptors (Lipinski definition) is 7. The molecule has 0 fully saturated rings. The minimum atomic E-state index is -0.133. The number of amides is 1. The summed E-state index contributed by atoms with van der Waals surface area (Å²) in [5.41, 5.74) is 12.5. The van der Waals surface area contributed by atoms with Gasteiger partial charge in [0.2, 0.25) is 5.91 Å². The molecule has 1 amide bonds. The fraction of sp³-hybridized carbons (Fsp3) is 0.389. The van der Waals surface area contributed by atoms with Gasteiger partial charge >= 0.3 is 0 Å². The zero-order valence-electron chi connectivity index (χ0n) is 15.3. The lowest BCUT2D eigenvalue weighted by atomic mass is 9.87. The lowest BCUT2D eigenvalue weighted by Crippen LogP contribution is -2.29. The summed E-state index contributed by atoms with van der Waals surface area (Å²) >= 11 is 1.18. The number of anilines is 2. The first-order chi connectivity index (χ1) is 12.2. The molecule has 0 atom stereocenters. The van der Waals surface area contributed by atoms with Crippen molar-refractivity contribution in [3.63, 3.8) is 0 Å². The monoisotopic (exact) mass is 375 g/mol. The van der Waals surface area contributed by atoms with Crippen LogP contribution in [-0.2, 0) is 10.2 Å². The van der Waals surface area contributed by atoms with Gasteiger partial charge in [-0.3, -0.25) is 4.79 Å². The molecule has 0 unspecified atom stereocenters. The number of hydrogen-bond donors (Lipinski definition) is 3. The fourth-order valence-electron chi connectivity index (χ4n) is 2.12. The molecule has 0 aliphatic heterocycles. The van der Waals surface area contributed by atoms with E-state index in [0.717, 1.165) is 5.75 Å². The molecule has 0 bridgehead atoms. The minimum Gasteiger partial charge on any atom is -0.492 e. The molecule has 0 aliphatic carbocycles. The molecule has 26 heavy (non-hydrogen) atoms. The number of ether oxygens (including phenoxy) is 1. The van der Waals surface area contributed by atoms with Gasteiger partial charge in [0, 0.05) is 6.07 Å². The zero-order chi connectivity index (χ0) is 19.2. The molecule has 140 valence electrons. The van der Waals surface area contributed by atoms with Gasteiger partial charge in [-0.2, -0.15) is 0 Å². The third kappa shape index (κ3) is 6.44. The van der Waals surface area contributed by atoms with E-state index in [1.165, 1.54) is 23.4 Å². The lowest BCUT2D eigenvalue weighted by Gasteiger charge is -2.19. The van der Waals surface area contributed by atoms with Crippen LogP contribution in [0, 0.1) is 0 Å². The largest absolute Gasteiger partial charge is 0.492 e. The molecule has 1 heterocycles. The Morgan fingerprint density at radius 1 is 1.15 bits per heavy atom. The second-order valence-corrected chi connectivity index (χ2v) is 7.70. The van der Waals surface area contributed by atoms with E-state index in [1.807, 2.05) is 12.1 Å². The van der Waals surface area contributed by atoms with Crippen LogP contribution in [0.4, 0.5) is 11.6 Å².